The maximum Gasteiger partial charge on any atom is 0.224 e. The van der Waals surface area contributed by atoms with Gasteiger partial charge in [0.25, 0.3) is 0 Å². The second-order valence-corrected chi connectivity index (χ2v) is 6.70. The van der Waals surface area contributed by atoms with E-state index in [1.165, 1.54) is 0 Å². The van der Waals surface area contributed by atoms with Gasteiger partial charge in [-0.05, 0) is 36.1 Å². The molecule has 26 heavy (non-hydrogen) atoms. The Labute approximate surface area is 166 Å². The van der Waals surface area contributed by atoms with Crippen molar-refractivity contribution >= 4 is 30.7 Å². The van der Waals surface area contributed by atoms with Crippen LogP contribution in [0.1, 0.15) is 25.7 Å². The van der Waals surface area contributed by atoms with E-state index in [0.29, 0.717) is 19.1 Å². The van der Waals surface area contributed by atoms with E-state index in [-0.39, 0.29) is 42.7 Å². The van der Waals surface area contributed by atoms with Crippen LogP contribution in [0.15, 0.2) is 6.33 Å². The van der Waals surface area contributed by atoms with Gasteiger partial charge in [-0.1, -0.05) is 0 Å². The van der Waals surface area contributed by atoms with Crippen LogP contribution in [0.2, 0.25) is 0 Å². The number of carbonyl (C=O) groups excluding carboxylic acids is 1. The topological polar surface area (TPSA) is 111 Å². The van der Waals surface area contributed by atoms with E-state index in [1.807, 2.05) is 0 Å². The number of halogens is 2. The Kier molecular flexibility index (Phi) is 10.3. The summed E-state index contributed by atoms with van der Waals surface area (Å²) in [5, 5.41) is 14.0. The van der Waals surface area contributed by atoms with Gasteiger partial charge in [0, 0.05) is 44.9 Å². The van der Waals surface area contributed by atoms with E-state index in [0.717, 1.165) is 52.0 Å². The number of hydrogen-bond acceptors (Lipinski definition) is 7. The summed E-state index contributed by atoms with van der Waals surface area (Å²) in [5.41, 5.74) is 6.23. The zero-order valence-electron chi connectivity index (χ0n) is 14.8. The normalized spacial score (nSPS) is 24.8. The molecule has 0 spiro atoms. The summed E-state index contributed by atoms with van der Waals surface area (Å²) in [6.07, 6.45) is 5.34. The van der Waals surface area contributed by atoms with E-state index >= 15 is 0 Å². The van der Waals surface area contributed by atoms with Crippen LogP contribution in [0.5, 0.6) is 0 Å². The molecule has 0 bridgehead atoms. The first-order valence-corrected chi connectivity index (χ1v) is 8.78. The lowest BCUT2D eigenvalue weighted by Crippen LogP contribution is -2.47. The van der Waals surface area contributed by atoms with Crippen molar-refractivity contribution < 1.29 is 9.53 Å². The Morgan fingerprint density at radius 3 is 2.65 bits per heavy atom. The maximum atomic E-state index is 12.6. The SMILES string of the molecule is Cl.Cl.N[C@H]1CC[C@@H](C(=O)NCCn2cnnn2)CN(C2CCOCC2)C1. The fourth-order valence-corrected chi connectivity index (χ4v) is 3.54. The molecule has 1 aromatic rings. The zero-order valence-corrected chi connectivity index (χ0v) is 16.5. The predicted molar refractivity (Wildman–Crippen MR) is 101 cm³/mol. The summed E-state index contributed by atoms with van der Waals surface area (Å²) in [6.45, 7) is 4.38. The second kappa shape index (κ2) is 11.7. The van der Waals surface area contributed by atoms with Crippen molar-refractivity contribution in [2.75, 3.05) is 32.8 Å². The fraction of sp³-hybridized carbons (Fsp3) is 0.867. The molecule has 0 aliphatic carbocycles. The van der Waals surface area contributed by atoms with Crippen LogP contribution in [-0.4, -0.2) is 75.9 Å². The zero-order chi connectivity index (χ0) is 16.8. The summed E-state index contributed by atoms with van der Waals surface area (Å²) >= 11 is 0. The minimum atomic E-state index is -0.00438. The van der Waals surface area contributed by atoms with Gasteiger partial charge in [-0.2, -0.15) is 0 Å². The molecule has 3 heterocycles. The fourth-order valence-electron chi connectivity index (χ4n) is 3.54. The Hall–Kier alpha value is -1.00. The molecule has 2 saturated heterocycles. The number of carbonyl (C=O) groups is 1. The first-order valence-electron chi connectivity index (χ1n) is 8.78. The van der Waals surface area contributed by atoms with E-state index < -0.39 is 0 Å². The Balaban J connectivity index is 0.00000169. The first-order chi connectivity index (χ1) is 11.7. The molecule has 0 radical (unpaired) electrons. The average Bonchev–Trinajstić information content (AvgIpc) is 3.03. The first kappa shape index (κ1) is 23.0. The number of tetrazole rings is 1. The standard InChI is InChI=1S/C15H27N7O2.2ClH/c16-13-2-1-12(9-21(10-13)14-3-7-24-8-4-14)15(23)17-5-6-22-11-18-19-20-22;;/h11-14H,1-10,16H2,(H,17,23);2*1H/t12-,13+;;/m1../s1. The third-order valence-electron chi connectivity index (χ3n) is 4.92. The summed E-state index contributed by atoms with van der Waals surface area (Å²) in [5.74, 6) is 0.101. The molecule has 3 N–H and O–H groups in total. The molecule has 0 saturated carbocycles. The molecule has 9 nitrogen and oxygen atoms in total. The Morgan fingerprint density at radius 1 is 1.19 bits per heavy atom. The van der Waals surface area contributed by atoms with Gasteiger partial charge in [0.15, 0.2) is 0 Å². The van der Waals surface area contributed by atoms with Crippen molar-refractivity contribution in [2.45, 2.75) is 44.3 Å². The minimum Gasteiger partial charge on any atom is -0.381 e. The highest BCUT2D eigenvalue weighted by molar-refractivity contribution is 5.85. The van der Waals surface area contributed by atoms with E-state index in [9.17, 15) is 4.79 Å². The highest BCUT2D eigenvalue weighted by atomic mass is 35.5. The van der Waals surface area contributed by atoms with Gasteiger partial charge in [0.2, 0.25) is 5.91 Å². The summed E-state index contributed by atoms with van der Waals surface area (Å²) in [4.78, 5) is 15.0. The number of rotatable bonds is 5. The molecule has 2 atom stereocenters. The lowest BCUT2D eigenvalue weighted by atomic mass is 10.0. The van der Waals surface area contributed by atoms with Crippen LogP contribution in [0.3, 0.4) is 0 Å². The van der Waals surface area contributed by atoms with E-state index in [2.05, 4.69) is 25.7 Å². The Morgan fingerprint density at radius 2 is 1.96 bits per heavy atom. The monoisotopic (exact) mass is 409 g/mol. The van der Waals surface area contributed by atoms with Gasteiger partial charge in [0.05, 0.1) is 12.5 Å². The van der Waals surface area contributed by atoms with Crippen LogP contribution >= 0.6 is 24.8 Å². The van der Waals surface area contributed by atoms with Gasteiger partial charge in [-0.25, -0.2) is 4.68 Å². The molecule has 11 heteroatoms. The molecule has 0 unspecified atom stereocenters. The van der Waals surface area contributed by atoms with Crippen LogP contribution < -0.4 is 11.1 Å². The van der Waals surface area contributed by atoms with Crippen LogP contribution in [0, 0.1) is 5.92 Å². The molecular weight excluding hydrogens is 381 g/mol. The number of hydrogen-bond donors (Lipinski definition) is 2. The van der Waals surface area contributed by atoms with Crippen molar-refractivity contribution in [1.82, 2.24) is 30.4 Å². The largest absolute Gasteiger partial charge is 0.381 e. The van der Waals surface area contributed by atoms with Gasteiger partial charge < -0.3 is 15.8 Å². The number of nitrogens with one attached hydrogen (secondary N) is 1. The third kappa shape index (κ3) is 6.62. The van der Waals surface area contributed by atoms with Gasteiger partial charge in [-0.15, -0.1) is 29.9 Å². The minimum absolute atomic E-state index is 0. The number of amides is 1. The average molecular weight is 410 g/mol. The van der Waals surface area contributed by atoms with Crippen molar-refractivity contribution in [3.8, 4) is 0 Å². The third-order valence-corrected chi connectivity index (χ3v) is 4.92. The van der Waals surface area contributed by atoms with Crippen LogP contribution in [-0.2, 0) is 16.1 Å². The number of ether oxygens (including phenoxy) is 1. The lowest BCUT2D eigenvalue weighted by Gasteiger charge is -2.35. The second-order valence-electron chi connectivity index (χ2n) is 6.70. The Bertz CT molecular complexity index is 514. The van der Waals surface area contributed by atoms with Crippen molar-refractivity contribution in [2.24, 2.45) is 11.7 Å². The summed E-state index contributed by atoms with van der Waals surface area (Å²) < 4.78 is 7.06. The number of aromatic nitrogens is 4. The van der Waals surface area contributed by atoms with Crippen molar-refractivity contribution in [3.05, 3.63) is 6.33 Å². The van der Waals surface area contributed by atoms with Crippen molar-refractivity contribution in [3.63, 3.8) is 0 Å². The molecule has 2 fully saturated rings. The molecule has 2 aliphatic rings. The molecule has 1 amide bonds. The summed E-state index contributed by atoms with van der Waals surface area (Å²) in [7, 11) is 0. The molecular formula is C15H29Cl2N7O2. The smallest absolute Gasteiger partial charge is 0.224 e. The van der Waals surface area contributed by atoms with Gasteiger partial charge >= 0.3 is 0 Å². The molecule has 2 aliphatic heterocycles. The quantitative estimate of drug-likeness (QED) is 0.695. The molecule has 3 rings (SSSR count). The van der Waals surface area contributed by atoms with E-state index in [1.54, 1.807) is 11.0 Å². The summed E-state index contributed by atoms with van der Waals surface area (Å²) in [6, 6.07) is 0.631. The van der Waals surface area contributed by atoms with Gasteiger partial charge in [0.1, 0.15) is 6.33 Å². The molecule has 150 valence electrons. The highest BCUT2D eigenvalue weighted by Gasteiger charge is 2.31. The van der Waals surface area contributed by atoms with Crippen molar-refractivity contribution in [1.29, 1.82) is 0 Å². The highest BCUT2D eigenvalue weighted by Crippen LogP contribution is 2.22. The van der Waals surface area contributed by atoms with Gasteiger partial charge in [-0.3, -0.25) is 9.69 Å². The maximum absolute atomic E-state index is 12.6. The molecule has 1 aromatic heterocycles. The number of likely N-dealkylation sites (tertiary alicyclic amines) is 1. The number of nitrogens with zero attached hydrogens (tertiary/aromatic N) is 5. The lowest BCUT2D eigenvalue weighted by molar-refractivity contribution is -0.126. The van der Waals surface area contributed by atoms with Crippen LogP contribution in [0.25, 0.3) is 0 Å². The predicted octanol–water partition coefficient (Wildman–Crippen LogP) is -0.149. The molecule has 0 aromatic carbocycles. The number of nitrogens with two attached hydrogens (primary N) is 1. The van der Waals surface area contributed by atoms with Crippen LogP contribution in [0.4, 0.5) is 0 Å². The van der Waals surface area contributed by atoms with E-state index in [4.69, 9.17) is 10.5 Å².